The second kappa shape index (κ2) is 6.58. The lowest BCUT2D eigenvalue weighted by Gasteiger charge is -2.12. The van der Waals surface area contributed by atoms with Gasteiger partial charge in [-0.3, -0.25) is 0 Å². The standard InChI is InChI=1S/C7H11Cl3N2/c1-3-12(4-2)5-11-7(10)6(8)9/h5H,3-4H2,1-2H3/b11-5+. The molecule has 0 atom stereocenters. The summed E-state index contributed by atoms with van der Waals surface area (Å²) in [5.74, 6) is 0. The normalized spacial score (nSPS) is 10.4. The van der Waals surface area contributed by atoms with Crippen LogP contribution in [0.4, 0.5) is 0 Å². The van der Waals surface area contributed by atoms with Gasteiger partial charge < -0.3 is 4.90 Å². The molecule has 0 fully saturated rings. The molecule has 0 rings (SSSR count). The molecule has 0 heterocycles. The van der Waals surface area contributed by atoms with Gasteiger partial charge in [-0.15, -0.1) is 0 Å². The third-order valence-corrected chi connectivity index (χ3v) is 2.14. The van der Waals surface area contributed by atoms with Crippen LogP contribution in [0, 0.1) is 0 Å². The molecule has 0 saturated heterocycles. The van der Waals surface area contributed by atoms with Crippen molar-refractivity contribution in [1.82, 2.24) is 4.90 Å². The van der Waals surface area contributed by atoms with Crippen molar-refractivity contribution >= 4 is 41.1 Å². The summed E-state index contributed by atoms with van der Waals surface area (Å²) in [6.07, 6.45) is 1.62. The van der Waals surface area contributed by atoms with Crippen LogP contribution in [-0.4, -0.2) is 24.3 Å². The van der Waals surface area contributed by atoms with Crippen LogP contribution < -0.4 is 0 Å². The van der Waals surface area contributed by atoms with Crippen LogP contribution in [0.15, 0.2) is 14.6 Å². The van der Waals surface area contributed by atoms with Crippen molar-refractivity contribution in [2.45, 2.75) is 13.8 Å². The minimum atomic E-state index is -0.0138. The van der Waals surface area contributed by atoms with Crippen molar-refractivity contribution in [2.24, 2.45) is 4.99 Å². The Hall–Kier alpha value is 0.0800. The van der Waals surface area contributed by atoms with Crippen molar-refractivity contribution in [3.63, 3.8) is 0 Å². The van der Waals surface area contributed by atoms with E-state index in [0.29, 0.717) is 0 Å². The highest BCUT2D eigenvalue weighted by Crippen LogP contribution is 2.17. The fourth-order valence-corrected chi connectivity index (χ4v) is 0.709. The molecule has 0 aromatic heterocycles. The van der Waals surface area contributed by atoms with Gasteiger partial charge in [-0.2, -0.15) is 0 Å². The summed E-state index contributed by atoms with van der Waals surface area (Å²) < 4.78 is -0.0138. The number of rotatable bonds is 4. The quantitative estimate of drug-likeness (QED) is 0.411. The second-order valence-corrected chi connectivity index (χ2v) is 3.32. The number of aliphatic imine (C=N–C) groups is 1. The minimum Gasteiger partial charge on any atom is -0.363 e. The first-order chi connectivity index (χ1) is 5.61. The van der Waals surface area contributed by atoms with E-state index in [1.807, 2.05) is 18.7 Å². The maximum Gasteiger partial charge on any atom is 0.160 e. The molecule has 0 aromatic carbocycles. The van der Waals surface area contributed by atoms with Crippen molar-refractivity contribution in [3.05, 3.63) is 9.65 Å². The van der Waals surface area contributed by atoms with Gasteiger partial charge in [0.15, 0.2) is 5.16 Å². The Kier molecular flexibility index (Phi) is 6.62. The van der Waals surface area contributed by atoms with Crippen molar-refractivity contribution in [3.8, 4) is 0 Å². The summed E-state index contributed by atoms with van der Waals surface area (Å²) in [4.78, 5) is 5.82. The van der Waals surface area contributed by atoms with Gasteiger partial charge in [-0.25, -0.2) is 4.99 Å². The number of nitrogens with zero attached hydrogens (tertiary/aromatic N) is 2. The molecule has 0 amide bonds. The Labute approximate surface area is 87.8 Å². The van der Waals surface area contributed by atoms with Crippen LogP contribution in [-0.2, 0) is 0 Å². The van der Waals surface area contributed by atoms with Gasteiger partial charge in [-0.05, 0) is 13.8 Å². The van der Waals surface area contributed by atoms with E-state index in [9.17, 15) is 0 Å². The lowest BCUT2D eigenvalue weighted by molar-refractivity contribution is 0.479. The zero-order valence-corrected chi connectivity index (χ0v) is 9.29. The largest absolute Gasteiger partial charge is 0.363 e. The van der Waals surface area contributed by atoms with E-state index >= 15 is 0 Å². The Morgan fingerprint density at radius 3 is 2.08 bits per heavy atom. The molecule has 0 aliphatic rings. The predicted octanol–water partition coefficient (Wildman–Crippen LogP) is 3.20. The molecular weight excluding hydrogens is 218 g/mol. The Morgan fingerprint density at radius 2 is 1.75 bits per heavy atom. The van der Waals surface area contributed by atoms with Crippen LogP contribution >= 0.6 is 34.8 Å². The van der Waals surface area contributed by atoms with Gasteiger partial charge in [0.2, 0.25) is 0 Å². The third-order valence-electron chi connectivity index (χ3n) is 1.30. The zero-order valence-electron chi connectivity index (χ0n) is 7.02. The maximum absolute atomic E-state index is 5.56. The lowest BCUT2D eigenvalue weighted by Crippen LogP contribution is -2.20. The lowest BCUT2D eigenvalue weighted by atomic mass is 10.6. The first-order valence-corrected chi connectivity index (χ1v) is 4.74. The minimum absolute atomic E-state index is 0.0138. The molecule has 0 bridgehead atoms. The SMILES string of the molecule is CCN(/C=N/C(Cl)=C(Cl)Cl)CC. The van der Waals surface area contributed by atoms with Crippen LogP contribution in [0.5, 0.6) is 0 Å². The van der Waals surface area contributed by atoms with Gasteiger partial charge in [0.05, 0.1) is 6.34 Å². The number of hydrogen-bond acceptors (Lipinski definition) is 1. The molecule has 5 heteroatoms. The molecule has 0 aliphatic heterocycles. The molecule has 2 nitrogen and oxygen atoms in total. The molecule has 70 valence electrons. The fraction of sp³-hybridized carbons (Fsp3) is 0.571. The Bertz CT molecular complexity index is 181. The molecular formula is C7H11Cl3N2. The predicted molar refractivity (Wildman–Crippen MR) is 56.0 cm³/mol. The molecule has 0 N–H and O–H groups in total. The van der Waals surface area contributed by atoms with E-state index in [4.69, 9.17) is 34.8 Å². The summed E-state index contributed by atoms with van der Waals surface area (Å²) in [5.41, 5.74) is 0. The molecule has 0 spiro atoms. The van der Waals surface area contributed by atoms with Gasteiger partial charge in [0.1, 0.15) is 4.49 Å². The van der Waals surface area contributed by atoms with E-state index in [-0.39, 0.29) is 9.65 Å². The average molecular weight is 230 g/mol. The van der Waals surface area contributed by atoms with Gasteiger partial charge in [0, 0.05) is 13.1 Å². The van der Waals surface area contributed by atoms with Gasteiger partial charge >= 0.3 is 0 Å². The monoisotopic (exact) mass is 228 g/mol. The Balaban J connectivity index is 4.13. The first-order valence-electron chi connectivity index (χ1n) is 3.60. The first kappa shape index (κ1) is 12.1. The van der Waals surface area contributed by atoms with E-state index < -0.39 is 0 Å². The third kappa shape index (κ3) is 4.86. The van der Waals surface area contributed by atoms with Crippen LogP contribution in [0.2, 0.25) is 0 Å². The summed E-state index contributed by atoms with van der Waals surface area (Å²) in [5, 5.41) is 0.116. The number of hydrogen-bond donors (Lipinski definition) is 0. The van der Waals surface area contributed by atoms with Crippen LogP contribution in [0.3, 0.4) is 0 Å². The van der Waals surface area contributed by atoms with Gasteiger partial charge in [0.25, 0.3) is 0 Å². The maximum atomic E-state index is 5.56. The van der Waals surface area contributed by atoms with E-state index in [0.717, 1.165) is 13.1 Å². The highest BCUT2D eigenvalue weighted by Gasteiger charge is 1.95. The number of halogens is 3. The van der Waals surface area contributed by atoms with Crippen LogP contribution in [0.25, 0.3) is 0 Å². The summed E-state index contributed by atoms with van der Waals surface area (Å²) >= 11 is 16.3. The van der Waals surface area contributed by atoms with E-state index in [2.05, 4.69) is 4.99 Å². The van der Waals surface area contributed by atoms with Crippen LogP contribution in [0.1, 0.15) is 13.8 Å². The second-order valence-electron chi connectivity index (χ2n) is 2.02. The zero-order chi connectivity index (χ0) is 9.56. The van der Waals surface area contributed by atoms with E-state index in [1.165, 1.54) is 0 Å². The fourth-order valence-electron chi connectivity index (χ4n) is 0.568. The summed E-state index contributed by atoms with van der Waals surface area (Å²) in [6.45, 7) is 5.80. The molecule has 0 saturated carbocycles. The van der Waals surface area contributed by atoms with Crippen molar-refractivity contribution in [1.29, 1.82) is 0 Å². The Morgan fingerprint density at radius 1 is 1.25 bits per heavy atom. The average Bonchev–Trinajstić information content (AvgIpc) is 2.05. The summed E-state index contributed by atoms with van der Waals surface area (Å²) in [6, 6.07) is 0. The van der Waals surface area contributed by atoms with Gasteiger partial charge in [-0.1, -0.05) is 34.8 Å². The van der Waals surface area contributed by atoms with Crippen molar-refractivity contribution < 1.29 is 0 Å². The smallest absolute Gasteiger partial charge is 0.160 e. The molecule has 0 unspecified atom stereocenters. The highest BCUT2D eigenvalue weighted by molar-refractivity contribution is 6.59. The molecule has 0 radical (unpaired) electrons. The van der Waals surface area contributed by atoms with E-state index in [1.54, 1.807) is 6.34 Å². The molecule has 0 aromatic rings. The highest BCUT2D eigenvalue weighted by atomic mass is 35.5. The molecule has 0 aliphatic carbocycles. The van der Waals surface area contributed by atoms with Crippen molar-refractivity contribution in [2.75, 3.05) is 13.1 Å². The summed E-state index contributed by atoms with van der Waals surface area (Å²) in [7, 11) is 0. The molecule has 12 heavy (non-hydrogen) atoms. The topological polar surface area (TPSA) is 15.6 Å².